The molecular weight excluding hydrogens is 416 g/mol. The molecule has 0 aliphatic carbocycles. The number of carboxylic acids is 1. The second-order valence-electron chi connectivity index (χ2n) is 8.50. The molecule has 1 aliphatic heterocycles. The number of carbonyl (C=O) groups is 2. The van der Waals surface area contributed by atoms with Gasteiger partial charge in [-0.25, -0.2) is 9.78 Å². The Kier molecular flexibility index (Phi) is 6.31. The molecule has 2 heterocycles. The van der Waals surface area contributed by atoms with Crippen LogP contribution in [0.2, 0.25) is 0 Å². The molecular formula is C26H28N4O3. The molecule has 0 radical (unpaired) electrons. The Morgan fingerprint density at radius 3 is 2.52 bits per heavy atom. The monoisotopic (exact) mass is 444 g/mol. The van der Waals surface area contributed by atoms with Gasteiger partial charge in [0.05, 0.1) is 11.9 Å². The molecule has 0 saturated carbocycles. The molecule has 1 aliphatic rings. The summed E-state index contributed by atoms with van der Waals surface area (Å²) in [5.41, 5.74) is 4.20. The van der Waals surface area contributed by atoms with Crippen LogP contribution < -0.4 is 15.1 Å². The summed E-state index contributed by atoms with van der Waals surface area (Å²) >= 11 is 0. The number of rotatable bonds is 5. The van der Waals surface area contributed by atoms with E-state index in [1.165, 1.54) is 23.5 Å². The summed E-state index contributed by atoms with van der Waals surface area (Å²) in [6, 6.07) is 17.3. The summed E-state index contributed by atoms with van der Waals surface area (Å²) in [6.07, 6.45) is 1.52. The lowest BCUT2D eigenvalue weighted by atomic mass is 10.1. The van der Waals surface area contributed by atoms with Crippen molar-refractivity contribution in [3.8, 4) is 0 Å². The van der Waals surface area contributed by atoms with Crippen LogP contribution in [-0.4, -0.2) is 47.6 Å². The van der Waals surface area contributed by atoms with E-state index in [2.05, 4.69) is 53.3 Å². The summed E-state index contributed by atoms with van der Waals surface area (Å²) in [4.78, 5) is 33.5. The van der Waals surface area contributed by atoms with E-state index in [9.17, 15) is 14.7 Å². The fraction of sp³-hybridized carbons (Fsp3) is 0.269. The van der Waals surface area contributed by atoms with Crippen LogP contribution in [0.25, 0.3) is 0 Å². The van der Waals surface area contributed by atoms with E-state index in [0.717, 1.165) is 12.1 Å². The topological polar surface area (TPSA) is 85.8 Å². The summed E-state index contributed by atoms with van der Waals surface area (Å²) in [7, 11) is 0. The summed E-state index contributed by atoms with van der Waals surface area (Å²) < 4.78 is 0. The number of pyridine rings is 1. The Morgan fingerprint density at radius 1 is 1.03 bits per heavy atom. The van der Waals surface area contributed by atoms with Crippen molar-refractivity contribution in [2.45, 2.75) is 26.8 Å². The highest BCUT2D eigenvalue weighted by Crippen LogP contribution is 2.27. The van der Waals surface area contributed by atoms with E-state index in [4.69, 9.17) is 0 Å². The number of nitrogens with one attached hydrogen (secondary N) is 1. The van der Waals surface area contributed by atoms with Gasteiger partial charge >= 0.3 is 5.97 Å². The molecule has 1 fully saturated rings. The van der Waals surface area contributed by atoms with Gasteiger partial charge in [-0.15, -0.1) is 0 Å². The Morgan fingerprint density at radius 2 is 1.82 bits per heavy atom. The lowest BCUT2D eigenvalue weighted by molar-refractivity contribution is 0.0696. The van der Waals surface area contributed by atoms with Gasteiger partial charge in [-0.05, 0) is 56.2 Å². The predicted octanol–water partition coefficient (Wildman–Crippen LogP) is 4.36. The van der Waals surface area contributed by atoms with Crippen LogP contribution in [0.15, 0.2) is 60.8 Å². The zero-order valence-electron chi connectivity index (χ0n) is 19.1. The predicted molar refractivity (Wildman–Crippen MR) is 131 cm³/mol. The number of benzene rings is 2. The fourth-order valence-electron chi connectivity index (χ4n) is 4.30. The van der Waals surface area contributed by atoms with Crippen molar-refractivity contribution in [1.82, 2.24) is 4.98 Å². The van der Waals surface area contributed by atoms with Crippen molar-refractivity contribution in [3.63, 3.8) is 0 Å². The summed E-state index contributed by atoms with van der Waals surface area (Å²) in [5, 5.41) is 12.6. The van der Waals surface area contributed by atoms with E-state index in [0.29, 0.717) is 30.2 Å². The Labute approximate surface area is 193 Å². The largest absolute Gasteiger partial charge is 0.478 e. The molecule has 1 unspecified atom stereocenters. The minimum atomic E-state index is -1.07. The highest BCUT2D eigenvalue weighted by atomic mass is 16.4. The third-order valence-corrected chi connectivity index (χ3v) is 6.00. The fourth-order valence-corrected chi connectivity index (χ4v) is 4.30. The SMILES string of the molecule is Cc1cccc(N2CCN(c3ncc(NC(=O)c4ccccc4C)cc3C(=O)O)CC2C)c1. The summed E-state index contributed by atoms with van der Waals surface area (Å²) in [5.74, 6) is -0.940. The third kappa shape index (κ3) is 4.82. The first kappa shape index (κ1) is 22.3. The van der Waals surface area contributed by atoms with Gasteiger partial charge in [0.1, 0.15) is 11.4 Å². The van der Waals surface area contributed by atoms with Crippen molar-refractivity contribution < 1.29 is 14.7 Å². The van der Waals surface area contributed by atoms with E-state index < -0.39 is 5.97 Å². The molecule has 0 bridgehead atoms. The van der Waals surface area contributed by atoms with E-state index in [-0.39, 0.29) is 17.5 Å². The Bertz CT molecular complexity index is 1190. The molecule has 3 aromatic rings. The van der Waals surface area contributed by atoms with Crippen molar-refractivity contribution in [2.24, 2.45) is 0 Å². The van der Waals surface area contributed by atoms with E-state index >= 15 is 0 Å². The van der Waals surface area contributed by atoms with Gasteiger partial charge in [-0.2, -0.15) is 0 Å². The first-order valence-electron chi connectivity index (χ1n) is 11.0. The van der Waals surface area contributed by atoms with Crippen LogP contribution in [0.1, 0.15) is 38.8 Å². The smallest absolute Gasteiger partial charge is 0.339 e. The third-order valence-electron chi connectivity index (χ3n) is 6.00. The van der Waals surface area contributed by atoms with Gasteiger partial charge in [0.25, 0.3) is 5.91 Å². The number of carboxylic acid groups (broad SMARTS) is 1. The number of piperazine rings is 1. The zero-order chi connectivity index (χ0) is 23.5. The average Bonchev–Trinajstić information content (AvgIpc) is 2.79. The van der Waals surface area contributed by atoms with E-state index in [1.54, 1.807) is 12.1 Å². The van der Waals surface area contributed by atoms with Crippen LogP contribution >= 0.6 is 0 Å². The Balaban J connectivity index is 1.53. The number of hydrogen-bond acceptors (Lipinski definition) is 5. The first-order chi connectivity index (χ1) is 15.8. The summed E-state index contributed by atoms with van der Waals surface area (Å²) in [6.45, 7) is 8.13. The number of carbonyl (C=O) groups excluding carboxylic acids is 1. The minimum Gasteiger partial charge on any atom is -0.478 e. The maximum absolute atomic E-state index is 12.6. The van der Waals surface area contributed by atoms with Gasteiger partial charge in [0.2, 0.25) is 0 Å². The molecule has 7 heteroatoms. The van der Waals surface area contributed by atoms with Crippen LogP contribution in [0.4, 0.5) is 17.2 Å². The van der Waals surface area contributed by atoms with Crippen molar-refractivity contribution >= 4 is 29.1 Å². The molecule has 2 aromatic carbocycles. The van der Waals surface area contributed by atoms with Gasteiger partial charge in [-0.3, -0.25) is 4.79 Å². The number of aromatic nitrogens is 1. The molecule has 4 rings (SSSR count). The molecule has 2 N–H and O–H groups in total. The van der Waals surface area contributed by atoms with Gasteiger partial charge in [-0.1, -0.05) is 30.3 Å². The maximum Gasteiger partial charge on any atom is 0.339 e. The van der Waals surface area contributed by atoms with Crippen LogP contribution in [0.3, 0.4) is 0 Å². The molecule has 1 atom stereocenters. The van der Waals surface area contributed by atoms with E-state index in [1.807, 2.05) is 24.0 Å². The molecule has 1 saturated heterocycles. The lowest BCUT2D eigenvalue weighted by Crippen LogP contribution is -2.52. The lowest BCUT2D eigenvalue weighted by Gasteiger charge is -2.42. The number of amides is 1. The second kappa shape index (κ2) is 9.32. The quantitative estimate of drug-likeness (QED) is 0.608. The van der Waals surface area contributed by atoms with Gasteiger partial charge in [0.15, 0.2) is 0 Å². The normalized spacial score (nSPS) is 15.9. The highest BCUT2D eigenvalue weighted by Gasteiger charge is 2.28. The van der Waals surface area contributed by atoms with Crippen LogP contribution in [0, 0.1) is 13.8 Å². The number of hydrogen-bond donors (Lipinski definition) is 2. The number of anilines is 3. The molecule has 33 heavy (non-hydrogen) atoms. The number of aryl methyl sites for hydroxylation is 2. The average molecular weight is 445 g/mol. The van der Waals surface area contributed by atoms with Gasteiger partial charge in [0, 0.05) is 36.9 Å². The second-order valence-corrected chi connectivity index (χ2v) is 8.50. The van der Waals surface area contributed by atoms with Crippen molar-refractivity contribution in [3.05, 3.63) is 83.0 Å². The Hall–Kier alpha value is -3.87. The molecule has 1 amide bonds. The van der Waals surface area contributed by atoms with Gasteiger partial charge < -0.3 is 20.2 Å². The van der Waals surface area contributed by atoms with Crippen molar-refractivity contribution in [1.29, 1.82) is 0 Å². The molecule has 170 valence electrons. The molecule has 0 spiro atoms. The highest BCUT2D eigenvalue weighted by molar-refractivity contribution is 6.06. The van der Waals surface area contributed by atoms with Crippen LogP contribution in [-0.2, 0) is 0 Å². The van der Waals surface area contributed by atoms with Crippen LogP contribution in [0.5, 0.6) is 0 Å². The minimum absolute atomic E-state index is 0.0776. The molecule has 1 aromatic heterocycles. The number of nitrogens with zero attached hydrogens (tertiary/aromatic N) is 3. The zero-order valence-corrected chi connectivity index (χ0v) is 19.1. The standard InChI is InChI=1S/C26H28N4O3/c1-17-7-6-9-21(13-17)30-12-11-29(16-19(30)3)24-23(26(32)33)14-20(15-27-24)28-25(31)22-10-5-4-8-18(22)2/h4-10,13-15,19H,11-12,16H2,1-3H3,(H,28,31)(H,32,33). The maximum atomic E-state index is 12.6. The number of aromatic carboxylic acids is 1. The first-order valence-corrected chi connectivity index (χ1v) is 11.0. The van der Waals surface area contributed by atoms with Crippen molar-refractivity contribution in [2.75, 3.05) is 34.8 Å². The molecule has 7 nitrogen and oxygen atoms in total.